The molecular weight excluding hydrogens is 508 g/mol. The second-order valence-electron chi connectivity index (χ2n) is 10.0. The van der Waals surface area contributed by atoms with E-state index in [0.717, 1.165) is 37.7 Å². The number of carbonyl (C=O) groups excluding carboxylic acids is 2. The van der Waals surface area contributed by atoms with Crippen LogP contribution in [0.2, 0.25) is 5.28 Å². The molecule has 1 heterocycles. The molecular formula is C28H37ClN4O5. The smallest absolute Gasteiger partial charge is 0.407 e. The average molecular weight is 545 g/mol. The van der Waals surface area contributed by atoms with Crippen molar-refractivity contribution in [1.82, 2.24) is 20.2 Å². The van der Waals surface area contributed by atoms with E-state index in [-0.39, 0.29) is 23.3 Å². The van der Waals surface area contributed by atoms with Crippen LogP contribution in [0.4, 0.5) is 4.79 Å². The van der Waals surface area contributed by atoms with Crippen LogP contribution >= 0.6 is 11.6 Å². The number of halogens is 1. The molecule has 2 N–H and O–H groups in total. The number of rotatable bonds is 15. The zero-order valence-electron chi connectivity index (χ0n) is 22.1. The van der Waals surface area contributed by atoms with Crippen molar-refractivity contribution in [2.75, 3.05) is 13.2 Å². The van der Waals surface area contributed by atoms with Gasteiger partial charge in [-0.1, -0.05) is 56.5 Å². The van der Waals surface area contributed by atoms with Gasteiger partial charge in [0.1, 0.15) is 6.04 Å². The summed E-state index contributed by atoms with van der Waals surface area (Å²) >= 11 is 5.80. The number of unbranched alkanes of at least 4 members (excludes halogenated alkanes) is 1. The number of hydrogen-bond acceptors (Lipinski definition) is 6. The number of Topliss-reactive ketones (excluding diaryl/α,β-unsaturated/α-hetero) is 1. The zero-order chi connectivity index (χ0) is 27.5. The molecule has 206 valence electrons. The van der Waals surface area contributed by atoms with Crippen molar-refractivity contribution in [2.24, 2.45) is 5.41 Å². The molecule has 0 radical (unpaired) electrons. The summed E-state index contributed by atoms with van der Waals surface area (Å²) in [6, 6.07) is 9.58. The SMILES string of the molecule is CCCC[C@@H](C(=O)C(=O)N[C@H](C)c1ccccc1)N(CC1(CCCOc2ccnc(Cl)n2)CCC1)C(=O)O. The minimum Gasteiger partial charge on any atom is -0.478 e. The third-order valence-corrected chi connectivity index (χ3v) is 7.43. The van der Waals surface area contributed by atoms with Crippen molar-refractivity contribution >= 4 is 29.4 Å². The first-order valence-corrected chi connectivity index (χ1v) is 13.6. The van der Waals surface area contributed by atoms with Crippen LogP contribution in [0.5, 0.6) is 5.88 Å². The van der Waals surface area contributed by atoms with Gasteiger partial charge in [-0.3, -0.25) is 14.5 Å². The Hall–Kier alpha value is -3.20. The van der Waals surface area contributed by atoms with Crippen LogP contribution < -0.4 is 10.1 Å². The molecule has 9 nitrogen and oxygen atoms in total. The molecule has 1 aliphatic carbocycles. The van der Waals surface area contributed by atoms with Crippen LogP contribution in [0.3, 0.4) is 0 Å². The first-order valence-electron chi connectivity index (χ1n) is 13.3. The van der Waals surface area contributed by atoms with Gasteiger partial charge < -0.3 is 15.2 Å². The Kier molecular flexibility index (Phi) is 10.9. The Morgan fingerprint density at radius 3 is 2.53 bits per heavy atom. The molecule has 0 saturated heterocycles. The summed E-state index contributed by atoms with van der Waals surface area (Å²) in [4.78, 5) is 47.8. The number of amides is 2. The van der Waals surface area contributed by atoms with Crippen molar-refractivity contribution in [2.45, 2.75) is 77.3 Å². The Balaban J connectivity index is 1.66. The fourth-order valence-electron chi connectivity index (χ4n) is 4.93. The van der Waals surface area contributed by atoms with Crippen LogP contribution in [0.15, 0.2) is 42.6 Å². The van der Waals surface area contributed by atoms with Crippen LogP contribution in [-0.2, 0) is 9.59 Å². The van der Waals surface area contributed by atoms with E-state index in [1.807, 2.05) is 37.3 Å². The van der Waals surface area contributed by atoms with Crippen LogP contribution in [0, 0.1) is 5.41 Å². The van der Waals surface area contributed by atoms with Gasteiger partial charge in [-0.15, -0.1) is 0 Å². The van der Waals surface area contributed by atoms with Crippen molar-refractivity contribution in [1.29, 1.82) is 0 Å². The fraction of sp³-hybridized carbons (Fsp3) is 0.536. The lowest BCUT2D eigenvalue weighted by Gasteiger charge is -2.46. The number of ether oxygens (including phenoxy) is 1. The second-order valence-corrected chi connectivity index (χ2v) is 10.3. The van der Waals surface area contributed by atoms with Crippen molar-refractivity contribution < 1.29 is 24.2 Å². The molecule has 3 rings (SSSR count). The van der Waals surface area contributed by atoms with E-state index in [1.165, 1.54) is 11.1 Å². The molecule has 1 saturated carbocycles. The Labute approximate surface area is 228 Å². The van der Waals surface area contributed by atoms with E-state index in [9.17, 15) is 19.5 Å². The van der Waals surface area contributed by atoms with Gasteiger partial charge in [-0.05, 0) is 61.6 Å². The lowest BCUT2D eigenvalue weighted by atomic mass is 9.65. The molecule has 0 unspecified atom stereocenters. The molecule has 0 aliphatic heterocycles. The molecule has 2 amide bonds. The highest BCUT2D eigenvalue weighted by molar-refractivity contribution is 6.38. The van der Waals surface area contributed by atoms with Gasteiger partial charge in [0, 0.05) is 18.8 Å². The number of benzene rings is 1. The predicted molar refractivity (Wildman–Crippen MR) is 144 cm³/mol. The summed E-state index contributed by atoms with van der Waals surface area (Å²) in [6.45, 7) is 4.39. The summed E-state index contributed by atoms with van der Waals surface area (Å²) in [5, 5.41) is 13.0. The van der Waals surface area contributed by atoms with Crippen LogP contribution in [0.1, 0.15) is 76.8 Å². The van der Waals surface area contributed by atoms with Gasteiger partial charge in [0.05, 0.1) is 12.6 Å². The normalized spacial score (nSPS) is 15.6. The molecule has 1 fully saturated rings. The maximum Gasteiger partial charge on any atom is 0.407 e. The van der Waals surface area contributed by atoms with Gasteiger partial charge in [0.25, 0.3) is 5.91 Å². The average Bonchev–Trinajstić information content (AvgIpc) is 2.88. The van der Waals surface area contributed by atoms with E-state index in [2.05, 4.69) is 15.3 Å². The molecule has 38 heavy (non-hydrogen) atoms. The highest BCUT2D eigenvalue weighted by Gasteiger charge is 2.43. The Morgan fingerprint density at radius 1 is 1.18 bits per heavy atom. The number of carboxylic acid groups (broad SMARTS) is 1. The Morgan fingerprint density at radius 2 is 1.92 bits per heavy atom. The third-order valence-electron chi connectivity index (χ3n) is 7.25. The van der Waals surface area contributed by atoms with E-state index < -0.39 is 23.8 Å². The van der Waals surface area contributed by atoms with Gasteiger partial charge in [-0.2, -0.15) is 4.98 Å². The summed E-state index contributed by atoms with van der Waals surface area (Å²) in [5.41, 5.74) is 0.623. The van der Waals surface area contributed by atoms with Gasteiger partial charge in [-0.25, -0.2) is 9.78 Å². The highest BCUT2D eigenvalue weighted by atomic mass is 35.5. The van der Waals surface area contributed by atoms with E-state index >= 15 is 0 Å². The number of aromatic nitrogens is 2. The number of ketones is 1. The highest BCUT2D eigenvalue weighted by Crippen LogP contribution is 2.46. The third kappa shape index (κ3) is 8.15. The summed E-state index contributed by atoms with van der Waals surface area (Å²) in [5.74, 6) is -1.07. The topological polar surface area (TPSA) is 122 Å². The molecule has 0 bridgehead atoms. The fourth-order valence-corrected chi connectivity index (χ4v) is 5.07. The summed E-state index contributed by atoms with van der Waals surface area (Å²) in [6.07, 6.45) is 6.23. The maximum atomic E-state index is 13.3. The van der Waals surface area contributed by atoms with Crippen molar-refractivity contribution in [3.05, 3.63) is 53.4 Å². The second kappa shape index (κ2) is 14.1. The maximum absolute atomic E-state index is 13.3. The summed E-state index contributed by atoms with van der Waals surface area (Å²) in [7, 11) is 0. The van der Waals surface area contributed by atoms with Crippen LogP contribution in [-0.4, -0.2) is 57.0 Å². The zero-order valence-corrected chi connectivity index (χ0v) is 22.8. The van der Waals surface area contributed by atoms with Gasteiger partial charge >= 0.3 is 6.09 Å². The van der Waals surface area contributed by atoms with Crippen molar-refractivity contribution in [3.63, 3.8) is 0 Å². The van der Waals surface area contributed by atoms with E-state index in [4.69, 9.17) is 16.3 Å². The molecule has 1 aromatic heterocycles. The minimum absolute atomic E-state index is 0.111. The lowest BCUT2D eigenvalue weighted by Crippen LogP contribution is -2.54. The molecule has 0 spiro atoms. The monoisotopic (exact) mass is 544 g/mol. The largest absolute Gasteiger partial charge is 0.478 e. The minimum atomic E-state index is -1.18. The van der Waals surface area contributed by atoms with E-state index in [0.29, 0.717) is 31.7 Å². The van der Waals surface area contributed by atoms with Gasteiger partial charge in [0.2, 0.25) is 16.9 Å². The Bertz CT molecular complexity index is 1080. The number of nitrogens with zero attached hydrogens (tertiary/aromatic N) is 3. The predicted octanol–water partition coefficient (Wildman–Crippen LogP) is 5.44. The standard InChI is InChI=1S/C28H37ClN4O5/c1-3-4-12-22(24(34)25(35)31-20(2)21-10-6-5-7-11-21)33(27(36)37)19-28(14-8-15-28)16-9-18-38-23-13-17-30-26(29)32-23/h5-7,10-11,13,17,20,22H,3-4,8-9,12,14-16,18-19H2,1-2H3,(H,31,35)(H,36,37)/t20-,22+/m1/s1. The van der Waals surface area contributed by atoms with Crippen molar-refractivity contribution in [3.8, 4) is 5.88 Å². The number of hydrogen-bond donors (Lipinski definition) is 2. The number of carbonyl (C=O) groups is 3. The number of nitrogens with one attached hydrogen (secondary N) is 1. The molecule has 2 atom stereocenters. The summed E-state index contributed by atoms with van der Waals surface area (Å²) < 4.78 is 5.67. The van der Waals surface area contributed by atoms with Crippen LogP contribution in [0.25, 0.3) is 0 Å². The molecule has 2 aromatic rings. The molecule has 10 heteroatoms. The van der Waals surface area contributed by atoms with E-state index in [1.54, 1.807) is 13.0 Å². The first kappa shape index (κ1) is 29.4. The lowest BCUT2D eigenvalue weighted by molar-refractivity contribution is -0.141. The van der Waals surface area contributed by atoms with Gasteiger partial charge in [0.15, 0.2) is 0 Å². The first-order chi connectivity index (χ1) is 18.2. The quantitative estimate of drug-likeness (QED) is 0.174. The molecule has 1 aliphatic rings. The molecule has 1 aromatic carbocycles.